The maximum absolute atomic E-state index is 12.7. The van der Waals surface area contributed by atoms with Crippen LogP contribution in [0, 0.1) is 0 Å². The van der Waals surface area contributed by atoms with Crippen molar-refractivity contribution < 1.29 is 19.5 Å². The number of aromatic nitrogens is 2. The van der Waals surface area contributed by atoms with Crippen molar-refractivity contribution >= 4 is 58.2 Å². The summed E-state index contributed by atoms with van der Waals surface area (Å²) < 4.78 is 0. The van der Waals surface area contributed by atoms with Crippen LogP contribution in [0.4, 0.5) is 0 Å². The third-order valence-corrected chi connectivity index (χ3v) is 6.86. The van der Waals surface area contributed by atoms with Crippen LogP contribution in [0.5, 0.6) is 5.75 Å². The number of hydrogen-bond acceptors (Lipinski definition) is 9. The lowest BCUT2D eigenvalue weighted by Gasteiger charge is -2.49. The summed E-state index contributed by atoms with van der Waals surface area (Å²) >= 11 is 6.61. The average molecular weight is 450 g/mol. The van der Waals surface area contributed by atoms with Gasteiger partial charge in [-0.2, -0.15) is 0 Å². The van der Waals surface area contributed by atoms with Crippen LogP contribution >= 0.6 is 35.7 Å². The number of thioether (sulfide) groups is 1. The Bertz CT molecular complexity index is 1010. The van der Waals surface area contributed by atoms with Gasteiger partial charge in [0.1, 0.15) is 39.4 Å². The fourth-order valence-electron chi connectivity index (χ4n) is 3.16. The van der Waals surface area contributed by atoms with E-state index in [0.29, 0.717) is 21.9 Å². The molecule has 1 fully saturated rings. The smallest absolute Gasteiger partial charge is 0.253 e. The molecular weight excluding hydrogens is 434 g/mol. The largest absolute Gasteiger partial charge is 0.508 e. The third-order valence-electron chi connectivity index (χ3n) is 4.62. The van der Waals surface area contributed by atoms with Gasteiger partial charge < -0.3 is 16.2 Å². The van der Waals surface area contributed by atoms with Crippen molar-refractivity contribution in [2.75, 3.05) is 5.75 Å². The Morgan fingerprint density at radius 2 is 2.07 bits per heavy atom. The van der Waals surface area contributed by atoms with E-state index in [4.69, 9.17) is 5.73 Å². The molecule has 4 N–H and O–H groups in total. The molecule has 1 aromatic heterocycles. The summed E-state index contributed by atoms with van der Waals surface area (Å²) in [6, 6.07) is 4.15. The molecule has 2 aromatic rings. The predicted molar refractivity (Wildman–Crippen MR) is 111 cm³/mol. The quantitative estimate of drug-likeness (QED) is 0.383. The minimum atomic E-state index is -0.996. The molecule has 2 aliphatic rings. The van der Waals surface area contributed by atoms with Crippen molar-refractivity contribution in [3.63, 3.8) is 0 Å². The van der Waals surface area contributed by atoms with Crippen molar-refractivity contribution in [1.82, 2.24) is 20.4 Å². The average Bonchev–Trinajstić information content (AvgIpc) is 3.25. The second-order valence-electron chi connectivity index (χ2n) is 6.34. The normalized spacial score (nSPS) is 22.0. The molecule has 2 aliphatic heterocycles. The lowest BCUT2D eigenvalue weighted by atomic mass is 10.0. The Labute approximate surface area is 178 Å². The van der Waals surface area contributed by atoms with Crippen molar-refractivity contribution in [1.29, 1.82) is 0 Å². The van der Waals surface area contributed by atoms with E-state index in [1.54, 1.807) is 17.6 Å². The molecule has 150 valence electrons. The first kappa shape index (κ1) is 19.9. The molecule has 1 aromatic carbocycles. The highest BCUT2D eigenvalue weighted by atomic mass is 32.2. The number of benzene rings is 1. The van der Waals surface area contributed by atoms with E-state index >= 15 is 0 Å². The van der Waals surface area contributed by atoms with Gasteiger partial charge in [-0.25, -0.2) is 0 Å². The summed E-state index contributed by atoms with van der Waals surface area (Å²) in [6.45, 7) is 0. The zero-order valence-electron chi connectivity index (χ0n) is 14.7. The molecule has 0 aliphatic carbocycles. The molecule has 12 heteroatoms. The van der Waals surface area contributed by atoms with Gasteiger partial charge >= 0.3 is 0 Å². The highest BCUT2D eigenvalue weighted by Crippen LogP contribution is 2.44. The summed E-state index contributed by atoms with van der Waals surface area (Å²) in [5, 5.41) is 19.4. The summed E-state index contributed by atoms with van der Waals surface area (Å²) in [7, 11) is 0. The first-order chi connectivity index (χ1) is 13.9. The Morgan fingerprint density at radius 3 is 2.69 bits per heavy atom. The summed E-state index contributed by atoms with van der Waals surface area (Å²) in [4.78, 5) is 38.7. The molecule has 1 saturated heterocycles. The van der Waals surface area contributed by atoms with Gasteiger partial charge in [0.15, 0.2) is 0 Å². The Kier molecular flexibility index (Phi) is 5.34. The van der Waals surface area contributed by atoms with Gasteiger partial charge in [0, 0.05) is 11.3 Å². The third kappa shape index (κ3) is 3.52. The van der Waals surface area contributed by atoms with Gasteiger partial charge in [0.05, 0.1) is 0 Å². The van der Waals surface area contributed by atoms with Gasteiger partial charge in [-0.3, -0.25) is 19.3 Å². The van der Waals surface area contributed by atoms with Crippen molar-refractivity contribution in [2.24, 2.45) is 5.73 Å². The standard InChI is InChI=1S/C17H15N5O4S3/c18-10(7-1-3-8(23)4-2-7)13(24)20-11-15(25)22-12(17(26)27)9(5-28-16(11)22)14-21-19-6-29-14/h1-4,6,10-11,16,23H,5,18H2,(H,20,24)(H,26,27)/t10-,11-,16-/m1/s1. The molecule has 4 rings (SSSR count). The molecule has 0 spiro atoms. The van der Waals surface area contributed by atoms with E-state index in [1.807, 2.05) is 0 Å². The maximum atomic E-state index is 12.7. The summed E-state index contributed by atoms with van der Waals surface area (Å²) in [5.41, 5.74) is 8.81. The number of carbonyl (C=O) groups excluding carboxylic acids is 3. The molecule has 0 radical (unpaired) electrons. The van der Waals surface area contributed by atoms with E-state index in [1.165, 1.54) is 40.1 Å². The van der Waals surface area contributed by atoms with Crippen LogP contribution in [-0.4, -0.2) is 54.3 Å². The van der Waals surface area contributed by atoms with Crippen molar-refractivity contribution in [3.05, 3.63) is 46.0 Å². The van der Waals surface area contributed by atoms with Crippen LogP contribution in [0.1, 0.15) is 16.6 Å². The van der Waals surface area contributed by atoms with Crippen LogP contribution < -0.4 is 11.1 Å². The van der Waals surface area contributed by atoms with Gasteiger partial charge in [0.2, 0.25) is 11.0 Å². The number of phenols is 1. The van der Waals surface area contributed by atoms with Crippen molar-refractivity contribution in [2.45, 2.75) is 17.5 Å². The number of nitrogens with two attached hydrogens (primary N) is 1. The number of phenolic OH excluding ortho intramolecular Hbond substituents is 1. The van der Waals surface area contributed by atoms with E-state index in [9.17, 15) is 19.5 Å². The molecule has 0 unspecified atom stereocenters. The Hall–Kier alpha value is -2.41. The van der Waals surface area contributed by atoms with E-state index in [0.717, 1.165) is 0 Å². The van der Waals surface area contributed by atoms with Crippen LogP contribution in [0.15, 0.2) is 35.5 Å². The Morgan fingerprint density at radius 1 is 1.34 bits per heavy atom. The fraction of sp³-hybridized carbons (Fsp3) is 0.235. The number of hydrogen-bond donors (Lipinski definition) is 4. The van der Waals surface area contributed by atoms with Gasteiger partial charge in [-0.05, 0) is 17.7 Å². The minimum absolute atomic E-state index is 0.0618. The predicted octanol–water partition coefficient (Wildman–Crippen LogP) is 0.511. The van der Waals surface area contributed by atoms with E-state index in [2.05, 4.69) is 28.1 Å². The summed E-state index contributed by atoms with van der Waals surface area (Å²) in [5.74, 6) is -0.437. The number of nitrogens with zero attached hydrogens (tertiary/aromatic N) is 3. The number of thiol groups is 1. The number of fused-ring (bicyclic) bond motifs is 1. The topological polar surface area (TPSA) is 139 Å². The second-order valence-corrected chi connectivity index (χ2v) is 8.69. The van der Waals surface area contributed by atoms with Crippen LogP contribution in [0.25, 0.3) is 5.57 Å². The lowest BCUT2D eigenvalue weighted by molar-refractivity contribution is -0.147. The summed E-state index contributed by atoms with van der Waals surface area (Å²) in [6.07, 6.45) is 0. The SMILES string of the molecule is N[C@@H](C(=O)N[C@@H]1C(=O)N2C(C(=O)S)=C(c3nncs3)CS[C@H]12)c1ccc(O)cc1. The number of amides is 2. The van der Waals surface area contributed by atoms with Gasteiger partial charge in [0.25, 0.3) is 5.91 Å². The molecule has 9 nitrogen and oxygen atoms in total. The molecule has 2 amide bonds. The molecule has 0 saturated carbocycles. The van der Waals surface area contributed by atoms with Crippen LogP contribution in [-0.2, 0) is 14.4 Å². The molecular formula is C17H15N5O4S3. The number of rotatable bonds is 5. The molecule has 3 heterocycles. The van der Waals surface area contributed by atoms with Crippen LogP contribution in [0.2, 0.25) is 0 Å². The maximum Gasteiger partial charge on any atom is 0.253 e. The number of nitrogens with one attached hydrogen (secondary N) is 1. The minimum Gasteiger partial charge on any atom is -0.508 e. The molecule has 0 bridgehead atoms. The number of aromatic hydroxyl groups is 1. The first-order valence-corrected chi connectivity index (χ1v) is 10.8. The zero-order chi connectivity index (χ0) is 20.7. The number of carbonyl (C=O) groups is 3. The second kappa shape index (κ2) is 7.78. The fourth-order valence-corrected chi connectivity index (χ4v) is 5.44. The number of β-lactam (4-membered cyclic amide) rings is 1. The first-order valence-electron chi connectivity index (χ1n) is 8.41. The van der Waals surface area contributed by atoms with E-state index in [-0.39, 0.29) is 11.4 Å². The van der Waals surface area contributed by atoms with Gasteiger partial charge in [-0.1, -0.05) is 24.8 Å². The van der Waals surface area contributed by atoms with E-state index < -0.39 is 34.4 Å². The zero-order valence-corrected chi connectivity index (χ0v) is 17.2. The lowest BCUT2D eigenvalue weighted by Crippen LogP contribution is -2.70. The molecule has 29 heavy (non-hydrogen) atoms. The monoisotopic (exact) mass is 449 g/mol. The van der Waals surface area contributed by atoms with Gasteiger partial charge in [-0.15, -0.1) is 33.3 Å². The van der Waals surface area contributed by atoms with Crippen LogP contribution in [0.3, 0.4) is 0 Å². The highest BCUT2D eigenvalue weighted by molar-refractivity contribution is 8.00. The molecule has 3 atom stereocenters. The Balaban J connectivity index is 1.52. The van der Waals surface area contributed by atoms with Crippen molar-refractivity contribution in [3.8, 4) is 5.75 Å². The highest BCUT2D eigenvalue weighted by Gasteiger charge is 2.54.